The highest BCUT2D eigenvalue weighted by Crippen LogP contribution is 2.41. The van der Waals surface area contributed by atoms with Crippen molar-refractivity contribution in [1.29, 1.82) is 0 Å². The minimum Gasteiger partial charge on any atom is -0.455 e. The summed E-state index contributed by atoms with van der Waals surface area (Å²) in [5.41, 5.74) is 9.34. The van der Waals surface area contributed by atoms with Gasteiger partial charge in [0.15, 0.2) is 6.20 Å². The number of aromatic nitrogens is 1. The average Bonchev–Trinajstić information content (AvgIpc) is 3.24. The molecular formula is C33H31FNOSi+. The summed E-state index contributed by atoms with van der Waals surface area (Å²) in [6, 6.07) is 22.5. The van der Waals surface area contributed by atoms with E-state index in [1.54, 1.807) is 6.07 Å². The fraction of sp³-hybridized carbons (Fsp3) is 0.182. The summed E-state index contributed by atoms with van der Waals surface area (Å²) in [4.78, 5) is 0. The third-order valence-corrected chi connectivity index (χ3v) is 9.67. The lowest BCUT2D eigenvalue weighted by molar-refractivity contribution is -0.659. The van der Waals surface area contributed by atoms with Crippen LogP contribution in [0.4, 0.5) is 4.39 Å². The van der Waals surface area contributed by atoms with E-state index in [9.17, 15) is 0 Å². The molecule has 0 amide bonds. The maximum atomic E-state index is 15.3. The zero-order valence-corrected chi connectivity index (χ0v) is 23.4. The fourth-order valence-corrected chi connectivity index (χ4v) is 7.23. The van der Waals surface area contributed by atoms with Crippen LogP contribution in [0.1, 0.15) is 16.7 Å². The Labute approximate surface area is 218 Å². The molecule has 0 N–H and O–H groups in total. The molecule has 0 bridgehead atoms. The van der Waals surface area contributed by atoms with E-state index in [-0.39, 0.29) is 5.82 Å². The maximum Gasteiger partial charge on any atom is 0.224 e. The van der Waals surface area contributed by atoms with Gasteiger partial charge in [0.05, 0.1) is 19.7 Å². The molecule has 6 aromatic rings. The summed E-state index contributed by atoms with van der Waals surface area (Å²) in [6.45, 7) is 11.0. The van der Waals surface area contributed by atoms with Crippen molar-refractivity contribution in [3.63, 3.8) is 0 Å². The van der Waals surface area contributed by atoms with E-state index in [1.807, 2.05) is 18.2 Å². The molecule has 6 rings (SSSR count). The molecule has 0 unspecified atom stereocenters. The summed E-state index contributed by atoms with van der Waals surface area (Å²) < 4.78 is 23.9. The normalized spacial score (nSPS) is 11.9. The molecule has 0 saturated heterocycles. The van der Waals surface area contributed by atoms with E-state index in [0.717, 1.165) is 60.7 Å². The highest BCUT2D eigenvalue weighted by atomic mass is 28.3. The molecule has 0 fully saturated rings. The standard InChI is InChI=1S/C33H31FNOSi/c1-19-18-26-24-10-7-8-12-28(24)36-33(26)30(20(19)2)32-25-15-14-23(21(3)22(25)16-17-35(32)4)31-27(34)11-9-13-29(31)37(5)6/h7-18,37H,1-6H3/q+1. The zero-order valence-electron chi connectivity index (χ0n) is 22.2. The van der Waals surface area contributed by atoms with Gasteiger partial charge in [0.2, 0.25) is 5.69 Å². The van der Waals surface area contributed by atoms with E-state index in [2.05, 4.69) is 94.1 Å². The minimum absolute atomic E-state index is 0.138. The summed E-state index contributed by atoms with van der Waals surface area (Å²) in [5, 5.41) is 5.71. The Bertz CT molecular complexity index is 1860. The highest BCUT2D eigenvalue weighted by molar-refractivity contribution is 6.72. The molecule has 4 aromatic carbocycles. The van der Waals surface area contributed by atoms with Crippen LogP contribution in [0, 0.1) is 26.6 Å². The number of halogens is 1. The zero-order chi connectivity index (χ0) is 26.0. The SMILES string of the molecule is Cc1cc2c(oc3ccccc32)c(-c2c3ccc(-c4c(F)cccc4[SiH](C)C)c(C)c3cc[n+]2C)c1C. The van der Waals surface area contributed by atoms with E-state index < -0.39 is 8.80 Å². The number of para-hydroxylation sites is 1. The molecule has 2 nitrogen and oxygen atoms in total. The largest absolute Gasteiger partial charge is 0.455 e. The third kappa shape index (κ3) is 3.54. The first-order chi connectivity index (χ1) is 17.8. The second-order valence-electron chi connectivity index (χ2n) is 10.5. The Hall–Kier alpha value is -3.76. The minimum atomic E-state index is -1.23. The highest BCUT2D eigenvalue weighted by Gasteiger charge is 2.26. The van der Waals surface area contributed by atoms with Gasteiger partial charge in [-0.3, -0.25) is 0 Å². The van der Waals surface area contributed by atoms with Crippen LogP contribution in [0.3, 0.4) is 0 Å². The molecule has 0 aliphatic carbocycles. The molecule has 0 saturated carbocycles. The number of pyridine rings is 1. The number of nitrogens with zero attached hydrogens (tertiary/aromatic N) is 1. The first kappa shape index (κ1) is 23.6. The molecular weight excluding hydrogens is 473 g/mol. The van der Waals surface area contributed by atoms with Crippen LogP contribution < -0.4 is 9.75 Å². The molecule has 37 heavy (non-hydrogen) atoms. The van der Waals surface area contributed by atoms with Gasteiger partial charge in [-0.15, -0.1) is 0 Å². The van der Waals surface area contributed by atoms with Crippen LogP contribution in [0.15, 0.2) is 77.3 Å². The fourth-order valence-electron chi connectivity index (χ4n) is 5.86. The number of hydrogen-bond donors (Lipinski definition) is 0. The van der Waals surface area contributed by atoms with Crippen LogP contribution >= 0.6 is 0 Å². The molecule has 184 valence electrons. The van der Waals surface area contributed by atoms with Crippen molar-refractivity contribution >= 4 is 46.7 Å². The van der Waals surface area contributed by atoms with E-state index in [0.29, 0.717) is 0 Å². The number of aryl methyl sites for hydroxylation is 3. The van der Waals surface area contributed by atoms with Gasteiger partial charge in [0, 0.05) is 22.4 Å². The molecule has 0 radical (unpaired) electrons. The van der Waals surface area contributed by atoms with E-state index >= 15 is 4.39 Å². The van der Waals surface area contributed by atoms with Gasteiger partial charge in [-0.2, -0.15) is 0 Å². The Morgan fingerprint density at radius 3 is 2.32 bits per heavy atom. The molecule has 2 heterocycles. The van der Waals surface area contributed by atoms with Crippen LogP contribution in [-0.4, -0.2) is 8.80 Å². The smallest absolute Gasteiger partial charge is 0.224 e. The quantitative estimate of drug-likeness (QED) is 0.179. The Morgan fingerprint density at radius 2 is 1.54 bits per heavy atom. The van der Waals surface area contributed by atoms with Gasteiger partial charge in [0.1, 0.15) is 24.0 Å². The van der Waals surface area contributed by atoms with Crippen molar-refractivity contribution in [2.75, 3.05) is 0 Å². The number of benzene rings is 4. The number of rotatable bonds is 3. The number of furan rings is 1. The third-order valence-electron chi connectivity index (χ3n) is 7.95. The van der Waals surface area contributed by atoms with Crippen molar-refractivity contribution in [2.24, 2.45) is 7.05 Å². The van der Waals surface area contributed by atoms with Crippen LogP contribution in [0.25, 0.3) is 55.1 Å². The van der Waals surface area contributed by atoms with Crippen molar-refractivity contribution in [3.05, 3.63) is 95.4 Å². The van der Waals surface area contributed by atoms with E-state index in [4.69, 9.17) is 4.42 Å². The topological polar surface area (TPSA) is 17.0 Å². The second kappa shape index (κ2) is 8.67. The van der Waals surface area contributed by atoms with Gasteiger partial charge in [-0.25, -0.2) is 8.96 Å². The van der Waals surface area contributed by atoms with Gasteiger partial charge < -0.3 is 4.42 Å². The van der Waals surface area contributed by atoms with Crippen LogP contribution in [0.2, 0.25) is 13.1 Å². The van der Waals surface area contributed by atoms with Gasteiger partial charge in [-0.1, -0.05) is 54.7 Å². The second-order valence-corrected chi connectivity index (χ2v) is 13.4. The predicted octanol–water partition coefficient (Wildman–Crippen LogP) is 7.66. The molecule has 4 heteroatoms. The Balaban J connectivity index is 1.70. The number of fused-ring (bicyclic) bond motifs is 4. The van der Waals surface area contributed by atoms with Crippen LogP contribution in [0.5, 0.6) is 0 Å². The van der Waals surface area contributed by atoms with Gasteiger partial charge >= 0.3 is 0 Å². The summed E-state index contributed by atoms with van der Waals surface area (Å²) in [5.74, 6) is -0.138. The summed E-state index contributed by atoms with van der Waals surface area (Å²) in [7, 11) is 0.863. The Kier molecular flexibility index (Phi) is 5.54. The van der Waals surface area contributed by atoms with Crippen molar-refractivity contribution in [2.45, 2.75) is 33.9 Å². The molecule has 0 aliphatic rings. The summed E-state index contributed by atoms with van der Waals surface area (Å²) in [6.07, 6.45) is 2.12. The first-order valence-corrected chi connectivity index (χ1v) is 15.8. The molecule has 0 aliphatic heterocycles. The summed E-state index contributed by atoms with van der Waals surface area (Å²) >= 11 is 0. The lowest BCUT2D eigenvalue weighted by Crippen LogP contribution is -2.31. The number of hydrogen-bond acceptors (Lipinski definition) is 1. The van der Waals surface area contributed by atoms with Crippen molar-refractivity contribution in [1.82, 2.24) is 0 Å². The van der Waals surface area contributed by atoms with Gasteiger partial charge in [0.25, 0.3) is 0 Å². The average molecular weight is 505 g/mol. The van der Waals surface area contributed by atoms with Crippen molar-refractivity contribution in [3.8, 4) is 22.4 Å². The lowest BCUT2D eigenvalue weighted by atomic mass is 9.90. The molecule has 0 atom stereocenters. The maximum absolute atomic E-state index is 15.3. The lowest BCUT2D eigenvalue weighted by Gasteiger charge is -2.17. The molecule has 2 aromatic heterocycles. The first-order valence-electron chi connectivity index (χ1n) is 12.9. The molecule has 0 spiro atoms. The predicted molar refractivity (Wildman–Crippen MR) is 156 cm³/mol. The van der Waals surface area contributed by atoms with E-state index in [1.165, 1.54) is 16.3 Å². The Morgan fingerprint density at radius 1 is 0.757 bits per heavy atom. The van der Waals surface area contributed by atoms with Gasteiger partial charge in [-0.05, 0) is 72.7 Å². The van der Waals surface area contributed by atoms with Crippen molar-refractivity contribution < 1.29 is 13.4 Å². The monoisotopic (exact) mass is 504 g/mol. The van der Waals surface area contributed by atoms with Crippen LogP contribution in [-0.2, 0) is 7.05 Å².